The second kappa shape index (κ2) is 5.62. The van der Waals surface area contributed by atoms with Crippen molar-refractivity contribution in [2.24, 2.45) is 22.0 Å². The Balaban J connectivity index is 1.44. The minimum atomic E-state index is -0.311. The molecule has 26 heavy (non-hydrogen) atoms. The molecule has 0 saturated heterocycles. The van der Waals surface area contributed by atoms with E-state index in [-0.39, 0.29) is 23.7 Å². The van der Waals surface area contributed by atoms with Crippen LogP contribution in [-0.2, 0) is 9.59 Å². The van der Waals surface area contributed by atoms with Crippen molar-refractivity contribution < 1.29 is 9.59 Å². The van der Waals surface area contributed by atoms with Crippen LogP contribution in [0.4, 0.5) is 11.4 Å². The number of anilines is 2. The van der Waals surface area contributed by atoms with Gasteiger partial charge in [-0.3, -0.25) is 9.59 Å². The molecule has 0 radical (unpaired) electrons. The summed E-state index contributed by atoms with van der Waals surface area (Å²) in [4.78, 5) is 25.6. The number of fused-ring (bicyclic) bond motifs is 2. The van der Waals surface area contributed by atoms with Crippen LogP contribution in [0.15, 0.2) is 70.9 Å². The molecule has 5 rings (SSSR count). The first kappa shape index (κ1) is 15.0. The van der Waals surface area contributed by atoms with E-state index in [4.69, 9.17) is 0 Å². The number of carbonyl (C=O) groups is 2. The van der Waals surface area contributed by atoms with Gasteiger partial charge in [-0.2, -0.15) is 10.2 Å². The van der Waals surface area contributed by atoms with Crippen molar-refractivity contribution in [3.8, 4) is 0 Å². The topological polar surface area (TPSA) is 65.3 Å². The summed E-state index contributed by atoms with van der Waals surface area (Å²) >= 11 is 0. The van der Waals surface area contributed by atoms with Crippen LogP contribution in [-0.4, -0.2) is 23.2 Å². The average molecular weight is 344 g/mol. The summed E-state index contributed by atoms with van der Waals surface area (Å²) in [5.41, 5.74) is 3.07. The third kappa shape index (κ3) is 2.19. The van der Waals surface area contributed by atoms with E-state index in [9.17, 15) is 9.59 Å². The number of hydrazone groups is 2. The summed E-state index contributed by atoms with van der Waals surface area (Å²) in [6.45, 7) is 0. The third-order valence-electron chi connectivity index (χ3n) is 5.10. The summed E-state index contributed by atoms with van der Waals surface area (Å²) in [7, 11) is 0. The van der Waals surface area contributed by atoms with Crippen molar-refractivity contribution in [1.82, 2.24) is 0 Å². The van der Waals surface area contributed by atoms with Gasteiger partial charge in [0.15, 0.2) is 0 Å². The molecule has 1 fully saturated rings. The van der Waals surface area contributed by atoms with Gasteiger partial charge in [0, 0.05) is 12.8 Å². The summed E-state index contributed by atoms with van der Waals surface area (Å²) < 4.78 is 0. The van der Waals surface area contributed by atoms with E-state index in [2.05, 4.69) is 10.2 Å². The van der Waals surface area contributed by atoms with Gasteiger partial charge in [0.2, 0.25) is 0 Å². The summed E-state index contributed by atoms with van der Waals surface area (Å²) in [6.07, 6.45) is 0.918. The number of carbonyl (C=O) groups excluding carboxylic acids is 2. The fourth-order valence-electron chi connectivity index (χ4n) is 3.78. The van der Waals surface area contributed by atoms with Crippen molar-refractivity contribution in [3.63, 3.8) is 0 Å². The highest BCUT2D eigenvalue weighted by molar-refractivity contribution is 6.26. The molecule has 2 aromatic carbocycles. The van der Waals surface area contributed by atoms with Gasteiger partial charge in [-0.05, 0) is 24.3 Å². The minimum Gasteiger partial charge on any atom is -0.272 e. The highest BCUT2D eigenvalue weighted by Crippen LogP contribution is 2.37. The smallest absolute Gasteiger partial charge is 0.256 e. The number of para-hydroxylation sites is 2. The third-order valence-corrected chi connectivity index (χ3v) is 5.10. The zero-order valence-electron chi connectivity index (χ0n) is 13.9. The van der Waals surface area contributed by atoms with E-state index in [0.717, 1.165) is 22.8 Å². The lowest BCUT2D eigenvalue weighted by Gasteiger charge is -2.21. The van der Waals surface area contributed by atoms with Crippen molar-refractivity contribution >= 4 is 34.6 Å². The summed E-state index contributed by atoms with van der Waals surface area (Å²) in [6, 6.07) is 18.8. The molecule has 128 valence electrons. The average Bonchev–Trinajstić information content (AvgIpc) is 3.19. The monoisotopic (exact) mass is 344 g/mol. The van der Waals surface area contributed by atoms with Gasteiger partial charge in [-0.1, -0.05) is 36.4 Å². The molecule has 2 amide bonds. The Labute approximate surface area is 150 Å². The van der Waals surface area contributed by atoms with Crippen molar-refractivity contribution in [2.45, 2.75) is 12.8 Å². The fraction of sp³-hybridized carbons (Fsp3) is 0.200. The standard InChI is InChI=1S/C20H16N4O2/c25-19-15-11-18-16(20(26)24(22-18)14-9-5-2-6-10-14)12-17(15)21-23(19)13-7-3-1-4-8-13/h1-10,15-16H,11-12H2/t15-,16-/m1/s1. The molecular weight excluding hydrogens is 328 g/mol. The van der Waals surface area contributed by atoms with Crippen LogP contribution in [0.3, 0.4) is 0 Å². The fourth-order valence-corrected chi connectivity index (χ4v) is 3.78. The Morgan fingerprint density at radius 3 is 1.42 bits per heavy atom. The summed E-state index contributed by atoms with van der Waals surface area (Å²) in [5.74, 6) is -0.710. The maximum atomic E-state index is 12.8. The highest BCUT2D eigenvalue weighted by Gasteiger charge is 2.48. The quantitative estimate of drug-likeness (QED) is 0.841. The van der Waals surface area contributed by atoms with E-state index in [1.165, 1.54) is 10.0 Å². The first-order valence-corrected chi connectivity index (χ1v) is 8.65. The molecular formula is C20H16N4O2. The van der Waals surface area contributed by atoms with Crippen LogP contribution in [0.5, 0.6) is 0 Å². The molecule has 2 atom stereocenters. The molecule has 1 aliphatic carbocycles. The van der Waals surface area contributed by atoms with Crippen molar-refractivity contribution in [1.29, 1.82) is 0 Å². The normalized spacial score (nSPS) is 24.3. The van der Waals surface area contributed by atoms with E-state index >= 15 is 0 Å². The van der Waals surface area contributed by atoms with Gasteiger partial charge in [0.1, 0.15) is 0 Å². The Hall–Kier alpha value is -3.28. The van der Waals surface area contributed by atoms with E-state index < -0.39 is 0 Å². The predicted molar refractivity (Wildman–Crippen MR) is 98.9 cm³/mol. The van der Waals surface area contributed by atoms with Gasteiger partial charge in [-0.25, -0.2) is 10.0 Å². The Bertz CT molecular complexity index is 873. The zero-order chi connectivity index (χ0) is 17.7. The summed E-state index contributed by atoms with van der Waals surface area (Å²) in [5, 5.41) is 12.0. The first-order valence-electron chi connectivity index (χ1n) is 8.65. The van der Waals surface area contributed by atoms with Crippen LogP contribution in [0.2, 0.25) is 0 Å². The molecule has 2 aliphatic heterocycles. The number of nitrogens with zero attached hydrogens (tertiary/aromatic N) is 4. The Kier molecular flexibility index (Phi) is 3.25. The Morgan fingerprint density at radius 1 is 0.654 bits per heavy atom. The van der Waals surface area contributed by atoms with Crippen molar-refractivity contribution in [2.75, 3.05) is 10.0 Å². The number of amides is 2. The second-order valence-electron chi connectivity index (χ2n) is 6.67. The lowest BCUT2D eigenvalue weighted by atomic mass is 9.79. The molecule has 1 saturated carbocycles. The molecule has 2 aromatic rings. The molecule has 0 spiro atoms. The highest BCUT2D eigenvalue weighted by atomic mass is 16.2. The molecule has 2 heterocycles. The second-order valence-corrected chi connectivity index (χ2v) is 6.67. The minimum absolute atomic E-state index is 0.0436. The number of hydrogen-bond donors (Lipinski definition) is 0. The van der Waals surface area contributed by atoms with Gasteiger partial charge in [0.05, 0.1) is 34.6 Å². The maximum Gasteiger partial charge on any atom is 0.256 e. The van der Waals surface area contributed by atoms with Gasteiger partial charge < -0.3 is 0 Å². The zero-order valence-corrected chi connectivity index (χ0v) is 13.9. The predicted octanol–water partition coefficient (Wildman–Crippen LogP) is 2.82. The van der Waals surface area contributed by atoms with Crippen LogP contribution < -0.4 is 10.0 Å². The SMILES string of the molecule is O=C1[C@@H]2CC3=NN(c4ccccc4)C(=O)[C@@H]3CC2=NN1c1ccccc1. The molecule has 0 unspecified atom stereocenters. The van der Waals surface area contributed by atoms with E-state index in [1.807, 2.05) is 60.7 Å². The van der Waals surface area contributed by atoms with Crippen molar-refractivity contribution in [3.05, 3.63) is 60.7 Å². The van der Waals surface area contributed by atoms with Crippen LogP contribution in [0.25, 0.3) is 0 Å². The van der Waals surface area contributed by atoms with Gasteiger partial charge in [-0.15, -0.1) is 0 Å². The van der Waals surface area contributed by atoms with Crippen LogP contribution in [0.1, 0.15) is 12.8 Å². The molecule has 0 bridgehead atoms. The Morgan fingerprint density at radius 2 is 1.04 bits per heavy atom. The molecule has 0 N–H and O–H groups in total. The van der Waals surface area contributed by atoms with Gasteiger partial charge in [0.25, 0.3) is 11.8 Å². The molecule has 6 nitrogen and oxygen atoms in total. The first-order chi connectivity index (χ1) is 12.7. The van der Waals surface area contributed by atoms with Crippen LogP contribution >= 0.6 is 0 Å². The van der Waals surface area contributed by atoms with E-state index in [0.29, 0.717) is 12.8 Å². The largest absolute Gasteiger partial charge is 0.272 e. The molecule has 3 aliphatic rings. The number of benzene rings is 2. The van der Waals surface area contributed by atoms with Crippen LogP contribution in [0, 0.1) is 11.8 Å². The number of rotatable bonds is 2. The molecule has 6 heteroatoms. The lowest BCUT2D eigenvalue weighted by molar-refractivity contribution is -0.121. The lowest BCUT2D eigenvalue weighted by Crippen LogP contribution is -2.38. The maximum absolute atomic E-state index is 12.8. The van der Waals surface area contributed by atoms with E-state index in [1.54, 1.807) is 0 Å². The van der Waals surface area contributed by atoms with Gasteiger partial charge >= 0.3 is 0 Å². The number of hydrogen-bond acceptors (Lipinski definition) is 4. The molecule has 0 aromatic heterocycles.